The van der Waals surface area contributed by atoms with E-state index in [4.69, 9.17) is 9.47 Å². The van der Waals surface area contributed by atoms with Crippen LogP contribution < -0.4 is 9.47 Å². The summed E-state index contributed by atoms with van der Waals surface area (Å²) in [5, 5.41) is 13.2. The van der Waals surface area contributed by atoms with Crippen LogP contribution >= 0.6 is 22.7 Å². The monoisotopic (exact) mass is 732 g/mol. The van der Waals surface area contributed by atoms with Gasteiger partial charge >= 0.3 is 0 Å². The number of unbranched alkanes of at least 4 members (excludes halogenated alkanes) is 4. The lowest BCUT2D eigenvalue weighted by molar-refractivity contribution is 0.113. The van der Waals surface area contributed by atoms with Gasteiger partial charge in [-0.25, -0.2) is 0 Å². The highest BCUT2D eigenvalue weighted by Crippen LogP contribution is 2.39. The Morgan fingerprint density at radius 3 is 1.42 bits per heavy atom. The smallest absolute Gasteiger partial charge is 0.120 e. The van der Waals surface area contributed by atoms with Gasteiger partial charge in [0, 0.05) is 32.0 Å². The predicted molar refractivity (Wildman–Crippen MR) is 226 cm³/mol. The van der Waals surface area contributed by atoms with E-state index in [1.807, 2.05) is 34.8 Å². The number of ether oxygens (including phenoxy) is 2. The minimum absolute atomic E-state index is 0.466. The van der Waals surface area contributed by atoms with Crippen molar-refractivity contribution in [2.24, 2.45) is 0 Å². The van der Waals surface area contributed by atoms with Gasteiger partial charge < -0.3 is 14.6 Å². The molecule has 0 unspecified atom stereocenters. The zero-order valence-electron chi connectivity index (χ0n) is 31.6. The Labute approximate surface area is 319 Å². The van der Waals surface area contributed by atoms with Crippen molar-refractivity contribution in [1.29, 1.82) is 0 Å². The van der Waals surface area contributed by atoms with Crippen LogP contribution in [0.4, 0.5) is 0 Å². The number of fused-ring (bicyclic) bond motifs is 2. The summed E-state index contributed by atoms with van der Waals surface area (Å²) in [6.07, 6.45) is 12.7. The van der Waals surface area contributed by atoms with Gasteiger partial charge in [-0.15, -0.1) is 22.7 Å². The topological polar surface area (TPSA) is 38.7 Å². The molecule has 2 heterocycles. The van der Waals surface area contributed by atoms with E-state index in [1.165, 1.54) is 102 Å². The van der Waals surface area contributed by atoms with Crippen molar-refractivity contribution in [2.45, 2.75) is 111 Å². The van der Waals surface area contributed by atoms with Crippen molar-refractivity contribution in [3.63, 3.8) is 0 Å². The van der Waals surface area contributed by atoms with Crippen molar-refractivity contribution < 1.29 is 14.6 Å². The number of hydrogen-bond acceptors (Lipinski definition) is 5. The molecular formula is C47H56O3S2. The van der Waals surface area contributed by atoms with Crippen LogP contribution in [-0.4, -0.2) is 24.4 Å². The van der Waals surface area contributed by atoms with Crippen molar-refractivity contribution in [3.8, 4) is 32.4 Å². The Morgan fingerprint density at radius 2 is 1.00 bits per heavy atom. The van der Waals surface area contributed by atoms with Crippen LogP contribution in [0, 0.1) is 0 Å². The molecule has 0 aliphatic heterocycles. The maximum Gasteiger partial charge on any atom is 0.120 e. The molecule has 274 valence electrons. The molecule has 4 aromatic carbocycles. The Bertz CT molecular complexity index is 1890. The van der Waals surface area contributed by atoms with Crippen molar-refractivity contribution >= 4 is 42.8 Å². The Kier molecular flexibility index (Phi) is 13.9. The fraction of sp³-hybridized carbons (Fsp3) is 0.404. The van der Waals surface area contributed by atoms with Crippen LogP contribution in [0.2, 0.25) is 0 Å². The molecule has 2 aromatic heterocycles. The molecule has 0 aliphatic rings. The number of aliphatic hydroxyl groups excluding tert-OH is 1. The number of rotatable bonds is 20. The standard InChI is InChI=1S/C47H56O3S2/c1-5-9-11-13-33-15-21-42(35(7-3)27-33)46-29-37-17-19-40(31-44(37)51-46)49-25-23-39(48)24-26-50-41-20-18-38-30-47(52-45(38)32-41)43-22-16-34(14-12-10-6-2)28-36(43)8-4/h15-22,27-32,39,48H,5-14,23-26H2,1-4H3. The zero-order valence-corrected chi connectivity index (χ0v) is 33.3. The molecule has 52 heavy (non-hydrogen) atoms. The summed E-state index contributed by atoms with van der Waals surface area (Å²) in [6, 6.07) is 31.4. The molecule has 0 fully saturated rings. The maximum absolute atomic E-state index is 10.7. The molecule has 0 saturated carbocycles. The highest BCUT2D eigenvalue weighted by Gasteiger charge is 2.13. The maximum atomic E-state index is 10.7. The molecule has 0 spiro atoms. The van der Waals surface area contributed by atoms with Crippen molar-refractivity contribution in [1.82, 2.24) is 0 Å². The van der Waals surface area contributed by atoms with Gasteiger partial charge in [-0.2, -0.15) is 0 Å². The molecule has 1 N–H and O–H groups in total. The van der Waals surface area contributed by atoms with Crippen LogP contribution in [0.15, 0.2) is 84.9 Å². The van der Waals surface area contributed by atoms with Gasteiger partial charge in [-0.3, -0.25) is 0 Å². The Balaban J connectivity index is 0.982. The average molecular weight is 733 g/mol. The summed E-state index contributed by atoms with van der Waals surface area (Å²) in [7, 11) is 0. The first kappa shape index (κ1) is 38.1. The molecule has 0 aliphatic carbocycles. The van der Waals surface area contributed by atoms with E-state index in [0.29, 0.717) is 26.1 Å². The van der Waals surface area contributed by atoms with Crippen LogP contribution in [0.1, 0.15) is 101 Å². The second-order valence-corrected chi connectivity index (χ2v) is 16.3. The second-order valence-electron chi connectivity index (χ2n) is 14.2. The molecule has 5 heteroatoms. The van der Waals surface area contributed by atoms with E-state index < -0.39 is 6.10 Å². The van der Waals surface area contributed by atoms with E-state index in [0.717, 1.165) is 37.2 Å². The highest BCUT2D eigenvalue weighted by atomic mass is 32.1. The molecule has 6 rings (SSSR count). The summed E-state index contributed by atoms with van der Waals surface area (Å²) < 4.78 is 14.7. The van der Waals surface area contributed by atoms with Gasteiger partial charge in [0.15, 0.2) is 0 Å². The van der Waals surface area contributed by atoms with Gasteiger partial charge in [0.25, 0.3) is 0 Å². The summed E-state index contributed by atoms with van der Waals surface area (Å²) in [5.74, 6) is 1.70. The van der Waals surface area contributed by atoms with Gasteiger partial charge in [0.1, 0.15) is 11.5 Å². The SMILES string of the molecule is CCCCCc1ccc(-c2cc3ccc(OCCC(O)CCOc4ccc5cc(-c6ccc(CCCCC)cc6CC)sc5c4)cc3s2)c(CC)c1. The van der Waals surface area contributed by atoms with E-state index in [-0.39, 0.29) is 0 Å². The third-order valence-corrected chi connectivity index (χ3v) is 12.5. The normalized spacial score (nSPS) is 11.7. The second kappa shape index (κ2) is 18.9. The van der Waals surface area contributed by atoms with E-state index in [2.05, 4.69) is 100 Å². The number of aliphatic hydroxyl groups is 1. The largest absolute Gasteiger partial charge is 0.493 e. The molecule has 0 radical (unpaired) electrons. The highest BCUT2D eigenvalue weighted by molar-refractivity contribution is 7.22. The predicted octanol–water partition coefficient (Wildman–Crippen LogP) is 13.6. The van der Waals surface area contributed by atoms with Crippen LogP contribution in [0.3, 0.4) is 0 Å². The number of thiophene rings is 2. The summed E-state index contributed by atoms with van der Waals surface area (Å²) >= 11 is 3.66. The lowest BCUT2D eigenvalue weighted by Gasteiger charge is -2.12. The van der Waals surface area contributed by atoms with Crippen LogP contribution in [0.25, 0.3) is 41.1 Å². The lowest BCUT2D eigenvalue weighted by atomic mass is 9.98. The molecule has 0 bridgehead atoms. The summed E-state index contributed by atoms with van der Waals surface area (Å²) in [6.45, 7) is 9.96. The quantitative estimate of drug-likeness (QED) is 0.0794. The molecule has 3 nitrogen and oxygen atoms in total. The van der Waals surface area contributed by atoms with Crippen molar-refractivity contribution in [3.05, 3.63) is 107 Å². The molecule has 6 aromatic rings. The summed E-state index contributed by atoms with van der Waals surface area (Å²) in [5.41, 5.74) is 8.45. The minimum atomic E-state index is -0.482. The van der Waals surface area contributed by atoms with Crippen molar-refractivity contribution in [2.75, 3.05) is 13.2 Å². The third-order valence-electron chi connectivity index (χ3n) is 10.2. The Hall–Kier alpha value is -3.64. The summed E-state index contributed by atoms with van der Waals surface area (Å²) in [4.78, 5) is 2.62. The van der Waals surface area contributed by atoms with Crippen LogP contribution in [0.5, 0.6) is 11.5 Å². The van der Waals surface area contributed by atoms with E-state index >= 15 is 0 Å². The van der Waals surface area contributed by atoms with Gasteiger partial charge in [-0.1, -0.05) is 89.8 Å². The first-order chi connectivity index (χ1) is 25.5. The number of hydrogen-bond donors (Lipinski definition) is 1. The number of aryl methyl sites for hydroxylation is 4. The molecular weight excluding hydrogens is 677 g/mol. The fourth-order valence-corrected chi connectivity index (χ4v) is 9.37. The minimum Gasteiger partial charge on any atom is -0.493 e. The van der Waals surface area contributed by atoms with Gasteiger partial charge in [0.05, 0.1) is 19.3 Å². The van der Waals surface area contributed by atoms with E-state index in [9.17, 15) is 5.11 Å². The number of benzene rings is 4. The Morgan fingerprint density at radius 1 is 0.538 bits per heavy atom. The third kappa shape index (κ3) is 9.86. The molecule has 0 amide bonds. The van der Waals surface area contributed by atoms with Gasteiger partial charge in [0.2, 0.25) is 0 Å². The van der Waals surface area contributed by atoms with E-state index in [1.54, 1.807) is 0 Å². The zero-order chi connectivity index (χ0) is 36.3. The average Bonchev–Trinajstić information content (AvgIpc) is 3.79. The molecule has 0 saturated heterocycles. The fourth-order valence-electron chi connectivity index (χ4n) is 7.07. The first-order valence-electron chi connectivity index (χ1n) is 19.7. The van der Waals surface area contributed by atoms with Crippen LogP contribution in [-0.2, 0) is 25.7 Å². The van der Waals surface area contributed by atoms with Gasteiger partial charge in [-0.05, 0) is 131 Å². The molecule has 0 atom stereocenters. The lowest BCUT2D eigenvalue weighted by Crippen LogP contribution is -2.15. The first-order valence-corrected chi connectivity index (χ1v) is 21.4.